The number of hydrogen-bond donors (Lipinski definition) is 1. The summed E-state index contributed by atoms with van der Waals surface area (Å²) in [4.78, 5) is 47.7. The summed E-state index contributed by atoms with van der Waals surface area (Å²) in [6.45, 7) is 9.01. The highest BCUT2D eigenvalue weighted by Gasteiger charge is 2.36. The number of methoxy groups -OCH3 is 1. The van der Waals surface area contributed by atoms with Gasteiger partial charge in [-0.2, -0.15) is 0 Å². The Kier molecular flexibility index (Phi) is 9.29. The van der Waals surface area contributed by atoms with Crippen LogP contribution in [0.25, 0.3) is 21.0 Å². The van der Waals surface area contributed by atoms with Crippen LogP contribution < -0.4 is 16.0 Å². The zero-order valence-electron chi connectivity index (χ0n) is 26.2. The molecule has 0 unspecified atom stereocenters. The third kappa shape index (κ3) is 6.05. The second kappa shape index (κ2) is 12.8. The van der Waals surface area contributed by atoms with Crippen LogP contribution in [-0.4, -0.2) is 44.3 Å². The van der Waals surface area contributed by atoms with Gasteiger partial charge in [0.1, 0.15) is 28.5 Å². The number of ether oxygens (including phenoxy) is 2. The number of aliphatic hydroxyl groups excluding tert-OH is 1. The highest BCUT2D eigenvalue weighted by molar-refractivity contribution is 7.22. The van der Waals surface area contributed by atoms with Crippen molar-refractivity contribution in [1.29, 1.82) is 0 Å². The molecule has 5 rings (SSSR count). The van der Waals surface area contributed by atoms with Gasteiger partial charge in [0.05, 0.1) is 42.3 Å². The van der Waals surface area contributed by atoms with E-state index in [-0.39, 0.29) is 36.9 Å². The molecule has 1 aliphatic rings. The van der Waals surface area contributed by atoms with Gasteiger partial charge < -0.3 is 19.0 Å². The number of benzene rings is 1. The first kappa shape index (κ1) is 31.9. The minimum atomic E-state index is -1.40. The van der Waals surface area contributed by atoms with E-state index in [9.17, 15) is 19.5 Å². The molecule has 3 heterocycles. The van der Waals surface area contributed by atoms with Crippen LogP contribution in [0.15, 0.2) is 50.7 Å². The van der Waals surface area contributed by atoms with E-state index in [4.69, 9.17) is 13.9 Å². The number of ketones is 1. The molecule has 1 saturated carbocycles. The van der Waals surface area contributed by atoms with Gasteiger partial charge in [0, 0.05) is 12.0 Å². The van der Waals surface area contributed by atoms with Crippen molar-refractivity contribution in [2.24, 2.45) is 5.92 Å². The molecule has 1 N–H and O–H groups in total. The van der Waals surface area contributed by atoms with Crippen LogP contribution in [0, 0.1) is 12.8 Å². The molecule has 4 aromatic rings. The van der Waals surface area contributed by atoms with E-state index in [0.717, 1.165) is 10.1 Å². The Hall–Kier alpha value is -3.54. The van der Waals surface area contributed by atoms with Crippen LogP contribution in [0.1, 0.15) is 77.0 Å². The maximum Gasteiger partial charge on any atom is 0.333 e. The van der Waals surface area contributed by atoms with Crippen molar-refractivity contribution >= 4 is 27.3 Å². The largest absolute Gasteiger partial charge is 0.496 e. The number of aryl methyl sites for hydroxylation is 1. The number of aliphatic hydroxyl groups is 1. The van der Waals surface area contributed by atoms with Gasteiger partial charge in [0.2, 0.25) is 5.89 Å². The Morgan fingerprint density at radius 2 is 1.89 bits per heavy atom. The molecule has 3 aromatic heterocycles. The molecule has 0 radical (unpaired) electrons. The van der Waals surface area contributed by atoms with Crippen molar-refractivity contribution in [3.8, 4) is 16.5 Å². The zero-order valence-corrected chi connectivity index (χ0v) is 27.0. The smallest absolute Gasteiger partial charge is 0.333 e. The van der Waals surface area contributed by atoms with Crippen LogP contribution >= 0.6 is 11.3 Å². The summed E-state index contributed by atoms with van der Waals surface area (Å²) in [5.41, 5.74) is -1.12. The van der Waals surface area contributed by atoms with Gasteiger partial charge in [0.25, 0.3) is 5.56 Å². The number of para-hydroxylation sites is 1. The van der Waals surface area contributed by atoms with Crippen molar-refractivity contribution in [2.45, 2.75) is 97.1 Å². The zero-order chi connectivity index (χ0) is 31.8. The summed E-state index contributed by atoms with van der Waals surface area (Å²) in [6.07, 6.45) is 4.74. The molecular formula is C33H41N3O7S. The lowest BCUT2D eigenvalue weighted by Gasteiger charge is -2.31. The predicted molar refractivity (Wildman–Crippen MR) is 169 cm³/mol. The first-order valence-electron chi connectivity index (χ1n) is 15.1. The Bertz CT molecular complexity index is 1740. The summed E-state index contributed by atoms with van der Waals surface area (Å²) >= 11 is 1.26. The highest BCUT2D eigenvalue weighted by Crippen LogP contribution is 2.38. The molecule has 0 saturated heterocycles. The Balaban J connectivity index is 1.74. The SMILES string of the molecule is COc1ccccc1[C@H](Cn1c(=O)n(C(C)(C)C(=O)CC(C)C)c(=O)c2c(C)c(-c3ncco3)sc21)OC1CCC(O)CC1. The molecule has 1 atom stereocenters. The van der Waals surface area contributed by atoms with Gasteiger partial charge in [0.15, 0.2) is 5.78 Å². The van der Waals surface area contributed by atoms with Gasteiger partial charge in [-0.05, 0) is 64.0 Å². The van der Waals surface area contributed by atoms with E-state index in [2.05, 4.69) is 4.98 Å². The lowest BCUT2D eigenvalue weighted by Crippen LogP contribution is -2.53. The van der Waals surface area contributed by atoms with E-state index < -0.39 is 22.9 Å². The first-order chi connectivity index (χ1) is 20.9. The number of rotatable bonds is 11. The number of nitrogens with zero attached hydrogens (tertiary/aromatic N) is 3. The average Bonchev–Trinajstić information content (AvgIpc) is 3.63. The molecule has 11 heteroatoms. The van der Waals surface area contributed by atoms with Gasteiger partial charge >= 0.3 is 5.69 Å². The number of carbonyl (C=O) groups is 1. The van der Waals surface area contributed by atoms with Gasteiger partial charge in [-0.3, -0.25) is 14.2 Å². The van der Waals surface area contributed by atoms with Crippen LogP contribution in [0.3, 0.4) is 0 Å². The molecule has 10 nitrogen and oxygen atoms in total. The molecule has 1 fully saturated rings. The van der Waals surface area contributed by atoms with Crippen molar-refractivity contribution in [1.82, 2.24) is 14.1 Å². The quantitative estimate of drug-likeness (QED) is 0.229. The summed E-state index contributed by atoms with van der Waals surface area (Å²) < 4.78 is 20.7. The Morgan fingerprint density at radius 3 is 2.52 bits per heavy atom. The summed E-state index contributed by atoms with van der Waals surface area (Å²) in [5, 5.41) is 10.4. The second-order valence-electron chi connectivity index (χ2n) is 12.5. The van der Waals surface area contributed by atoms with E-state index in [0.29, 0.717) is 58.0 Å². The monoisotopic (exact) mass is 623 g/mol. The van der Waals surface area contributed by atoms with Crippen LogP contribution in [0.4, 0.5) is 0 Å². The van der Waals surface area contributed by atoms with Crippen molar-refractivity contribution in [3.63, 3.8) is 0 Å². The average molecular weight is 624 g/mol. The highest BCUT2D eigenvalue weighted by atomic mass is 32.1. The fourth-order valence-electron chi connectivity index (χ4n) is 6.01. The maximum absolute atomic E-state index is 14.5. The number of thiophene rings is 1. The number of oxazole rings is 1. The number of carbonyl (C=O) groups excluding carboxylic acids is 1. The molecule has 0 amide bonds. The van der Waals surface area contributed by atoms with Crippen molar-refractivity contribution < 1.29 is 23.8 Å². The summed E-state index contributed by atoms with van der Waals surface area (Å²) in [5.74, 6) is 0.820. The molecule has 44 heavy (non-hydrogen) atoms. The molecule has 1 aromatic carbocycles. The minimum Gasteiger partial charge on any atom is -0.496 e. The fourth-order valence-corrected chi connectivity index (χ4v) is 7.25. The lowest BCUT2D eigenvalue weighted by atomic mass is 9.91. The lowest BCUT2D eigenvalue weighted by molar-refractivity contribution is -0.127. The van der Waals surface area contributed by atoms with Crippen molar-refractivity contribution in [3.05, 3.63) is 68.7 Å². The number of hydrogen-bond acceptors (Lipinski definition) is 9. The van der Waals surface area contributed by atoms with Gasteiger partial charge in [-0.15, -0.1) is 11.3 Å². The van der Waals surface area contributed by atoms with Gasteiger partial charge in [-0.25, -0.2) is 14.3 Å². The Labute approximate surface area is 260 Å². The topological polar surface area (TPSA) is 126 Å². The minimum absolute atomic E-state index is 0.0558. The maximum atomic E-state index is 14.5. The van der Waals surface area contributed by atoms with Crippen molar-refractivity contribution in [2.75, 3.05) is 7.11 Å². The predicted octanol–water partition coefficient (Wildman–Crippen LogP) is 5.61. The normalized spacial score (nSPS) is 18.2. The van der Waals surface area contributed by atoms with E-state index in [1.54, 1.807) is 25.5 Å². The Morgan fingerprint density at radius 1 is 1.18 bits per heavy atom. The second-order valence-corrected chi connectivity index (χ2v) is 13.5. The third-order valence-electron chi connectivity index (χ3n) is 8.51. The third-order valence-corrected chi connectivity index (χ3v) is 9.81. The van der Waals surface area contributed by atoms with Crippen LogP contribution in [0.5, 0.6) is 5.75 Å². The molecule has 0 spiro atoms. The van der Waals surface area contributed by atoms with Gasteiger partial charge in [-0.1, -0.05) is 32.0 Å². The van der Waals surface area contributed by atoms with E-state index >= 15 is 0 Å². The number of aromatic nitrogens is 3. The van der Waals surface area contributed by atoms with Crippen LogP contribution in [-0.2, 0) is 21.6 Å². The molecular weight excluding hydrogens is 582 g/mol. The van der Waals surface area contributed by atoms with E-state index in [1.165, 1.54) is 23.8 Å². The summed E-state index contributed by atoms with van der Waals surface area (Å²) in [6, 6.07) is 7.52. The fraction of sp³-hybridized carbons (Fsp3) is 0.515. The number of fused-ring (bicyclic) bond motifs is 1. The number of Topliss-reactive ketones (excluding diaryl/α,β-unsaturated/α-hetero) is 1. The van der Waals surface area contributed by atoms with Crippen LogP contribution in [0.2, 0.25) is 0 Å². The standard InChI is InChI=1S/C33H41N3O7S/c1-19(2)17-26(38)33(4,5)36-30(39)27-20(3)28(29-34-15-16-42-29)44-31(27)35(32(36)40)18-25(23-9-7-8-10-24(23)41-6)43-22-13-11-21(37)12-14-22/h7-10,15-16,19,21-22,25,37H,11-14,17-18H2,1-6H3/t21?,22?,25-/m0/s1. The molecule has 236 valence electrons. The first-order valence-corrected chi connectivity index (χ1v) is 15.9. The molecule has 0 bridgehead atoms. The van der Waals surface area contributed by atoms with E-state index in [1.807, 2.05) is 45.0 Å². The summed E-state index contributed by atoms with van der Waals surface area (Å²) in [7, 11) is 1.59. The molecule has 0 aliphatic heterocycles. The molecule has 1 aliphatic carbocycles.